The average molecular weight is 227 g/mol. The summed E-state index contributed by atoms with van der Waals surface area (Å²) in [4.78, 5) is 0. The van der Waals surface area contributed by atoms with E-state index >= 15 is 0 Å². The van der Waals surface area contributed by atoms with Gasteiger partial charge in [0.05, 0.1) is 12.2 Å². The zero-order valence-electron chi connectivity index (χ0n) is 8.79. The molecule has 0 radical (unpaired) electrons. The minimum absolute atomic E-state index is 0.439. The van der Waals surface area contributed by atoms with E-state index in [1.807, 2.05) is 25.1 Å². The molecule has 1 heterocycles. The molecular formula is C12H15ClO2. The Kier molecular flexibility index (Phi) is 3.01. The molecule has 3 heteroatoms. The average Bonchev–Trinajstić information content (AvgIpc) is 2.59. The molecule has 2 rings (SSSR count). The molecule has 15 heavy (non-hydrogen) atoms. The Bertz CT molecular complexity index is 357. The lowest BCUT2D eigenvalue weighted by molar-refractivity contribution is 0.0270. The van der Waals surface area contributed by atoms with Gasteiger partial charge in [0.1, 0.15) is 0 Å². The van der Waals surface area contributed by atoms with Crippen LogP contribution < -0.4 is 0 Å². The molecule has 82 valence electrons. The molecule has 0 aliphatic carbocycles. The summed E-state index contributed by atoms with van der Waals surface area (Å²) in [5.41, 5.74) is 1.49. The first-order valence-corrected chi connectivity index (χ1v) is 5.52. The monoisotopic (exact) mass is 226 g/mol. The highest BCUT2D eigenvalue weighted by atomic mass is 35.5. The van der Waals surface area contributed by atoms with E-state index in [4.69, 9.17) is 16.3 Å². The van der Waals surface area contributed by atoms with E-state index in [1.54, 1.807) is 0 Å². The summed E-state index contributed by atoms with van der Waals surface area (Å²) in [6.07, 6.45) is 1.36. The van der Waals surface area contributed by atoms with Crippen LogP contribution in [0.3, 0.4) is 0 Å². The van der Waals surface area contributed by atoms with Gasteiger partial charge in [0, 0.05) is 24.5 Å². The molecule has 1 aromatic rings. The molecule has 1 saturated heterocycles. The van der Waals surface area contributed by atoms with Crippen molar-refractivity contribution < 1.29 is 9.84 Å². The van der Waals surface area contributed by atoms with E-state index in [1.165, 1.54) is 0 Å². The van der Waals surface area contributed by atoms with Crippen LogP contribution in [-0.2, 0) is 11.2 Å². The SMILES string of the molecule is Cc1cc(CC2(O)CCOC2)ccc1Cl. The van der Waals surface area contributed by atoms with E-state index in [0.717, 1.165) is 16.1 Å². The second-order valence-electron chi connectivity index (χ2n) is 4.29. The zero-order valence-corrected chi connectivity index (χ0v) is 9.55. The largest absolute Gasteiger partial charge is 0.387 e. The van der Waals surface area contributed by atoms with Crippen LogP contribution in [0, 0.1) is 6.92 Å². The number of halogens is 1. The third-order valence-electron chi connectivity index (χ3n) is 2.84. The van der Waals surface area contributed by atoms with Gasteiger partial charge >= 0.3 is 0 Å². The van der Waals surface area contributed by atoms with Crippen molar-refractivity contribution in [2.24, 2.45) is 0 Å². The van der Waals surface area contributed by atoms with Gasteiger partial charge in [-0.15, -0.1) is 0 Å². The maximum absolute atomic E-state index is 10.1. The summed E-state index contributed by atoms with van der Waals surface area (Å²) in [6, 6.07) is 5.87. The Balaban J connectivity index is 2.13. The molecule has 1 aromatic carbocycles. The van der Waals surface area contributed by atoms with Crippen molar-refractivity contribution in [3.8, 4) is 0 Å². The maximum atomic E-state index is 10.1. The van der Waals surface area contributed by atoms with E-state index in [2.05, 4.69) is 0 Å². The Morgan fingerprint density at radius 3 is 2.93 bits per heavy atom. The highest BCUT2D eigenvalue weighted by Crippen LogP contribution is 2.25. The Morgan fingerprint density at radius 2 is 2.33 bits per heavy atom. The van der Waals surface area contributed by atoms with E-state index in [9.17, 15) is 5.11 Å². The van der Waals surface area contributed by atoms with Crippen LogP contribution in [0.15, 0.2) is 18.2 Å². The van der Waals surface area contributed by atoms with E-state index < -0.39 is 5.60 Å². The molecule has 1 atom stereocenters. The highest BCUT2D eigenvalue weighted by molar-refractivity contribution is 6.31. The van der Waals surface area contributed by atoms with Gasteiger partial charge in [-0.25, -0.2) is 0 Å². The van der Waals surface area contributed by atoms with Gasteiger partial charge in [0.15, 0.2) is 0 Å². The van der Waals surface area contributed by atoms with Gasteiger partial charge in [-0.05, 0) is 24.1 Å². The summed E-state index contributed by atoms with van der Waals surface area (Å²) in [7, 11) is 0. The van der Waals surface area contributed by atoms with Crippen molar-refractivity contribution in [1.82, 2.24) is 0 Å². The standard InChI is InChI=1S/C12H15ClO2/c1-9-6-10(2-3-11(9)13)7-12(14)4-5-15-8-12/h2-3,6,14H,4-5,7-8H2,1H3. The van der Waals surface area contributed by atoms with E-state index in [-0.39, 0.29) is 0 Å². The quantitative estimate of drug-likeness (QED) is 0.839. The lowest BCUT2D eigenvalue weighted by Gasteiger charge is -2.20. The van der Waals surface area contributed by atoms with Gasteiger partial charge in [-0.2, -0.15) is 0 Å². The van der Waals surface area contributed by atoms with Gasteiger partial charge in [0.2, 0.25) is 0 Å². The topological polar surface area (TPSA) is 29.5 Å². The minimum Gasteiger partial charge on any atom is -0.387 e. The molecule has 0 aromatic heterocycles. The first kappa shape index (κ1) is 10.9. The van der Waals surface area contributed by atoms with Crippen LogP contribution in [0.1, 0.15) is 17.5 Å². The molecule has 1 fully saturated rings. The van der Waals surface area contributed by atoms with Crippen LogP contribution in [0.5, 0.6) is 0 Å². The van der Waals surface area contributed by atoms with Crippen LogP contribution in [0.4, 0.5) is 0 Å². The van der Waals surface area contributed by atoms with Crippen LogP contribution >= 0.6 is 11.6 Å². The molecule has 1 aliphatic heterocycles. The molecule has 2 nitrogen and oxygen atoms in total. The highest BCUT2D eigenvalue weighted by Gasteiger charge is 2.32. The zero-order chi connectivity index (χ0) is 10.9. The molecule has 0 bridgehead atoms. The van der Waals surface area contributed by atoms with Crippen molar-refractivity contribution >= 4 is 11.6 Å². The van der Waals surface area contributed by atoms with Crippen molar-refractivity contribution in [3.63, 3.8) is 0 Å². The fourth-order valence-electron chi connectivity index (χ4n) is 1.93. The van der Waals surface area contributed by atoms with Crippen molar-refractivity contribution in [2.45, 2.75) is 25.4 Å². The molecule has 1 N–H and O–H groups in total. The third-order valence-corrected chi connectivity index (χ3v) is 3.26. The minimum atomic E-state index is -0.680. The number of aliphatic hydroxyl groups is 1. The number of aryl methyl sites for hydroxylation is 1. The summed E-state index contributed by atoms with van der Waals surface area (Å²) in [5, 5.41) is 10.9. The van der Waals surface area contributed by atoms with Gasteiger partial charge < -0.3 is 9.84 Å². The van der Waals surface area contributed by atoms with Crippen molar-refractivity contribution in [3.05, 3.63) is 34.3 Å². The van der Waals surface area contributed by atoms with E-state index in [0.29, 0.717) is 26.1 Å². The summed E-state index contributed by atoms with van der Waals surface area (Å²) < 4.78 is 5.21. The number of hydrogen-bond acceptors (Lipinski definition) is 2. The summed E-state index contributed by atoms with van der Waals surface area (Å²) in [5.74, 6) is 0. The third kappa shape index (κ3) is 2.51. The lowest BCUT2D eigenvalue weighted by Crippen LogP contribution is -2.31. The van der Waals surface area contributed by atoms with Crippen LogP contribution in [-0.4, -0.2) is 23.9 Å². The molecule has 1 unspecified atom stereocenters. The smallest absolute Gasteiger partial charge is 0.0942 e. The van der Waals surface area contributed by atoms with Crippen LogP contribution in [0.2, 0.25) is 5.02 Å². The molecular weight excluding hydrogens is 212 g/mol. The van der Waals surface area contributed by atoms with Crippen molar-refractivity contribution in [2.75, 3.05) is 13.2 Å². The molecule has 0 spiro atoms. The van der Waals surface area contributed by atoms with Crippen LogP contribution in [0.25, 0.3) is 0 Å². The van der Waals surface area contributed by atoms with Gasteiger partial charge in [-0.1, -0.05) is 23.7 Å². The first-order chi connectivity index (χ1) is 7.09. The summed E-state index contributed by atoms with van der Waals surface area (Å²) in [6.45, 7) is 3.07. The first-order valence-electron chi connectivity index (χ1n) is 5.14. The maximum Gasteiger partial charge on any atom is 0.0942 e. The Labute approximate surface area is 94.8 Å². The number of hydrogen-bond donors (Lipinski definition) is 1. The lowest BCUT2D eigenvalue weighted by atomic mass is 9.93. The van der Waals surface area contributed by atoms with Gasteiger partial charge in [0.25, 0.3) is 0 Å². The number of rotatable bonds is 2. The predicted molar refractivity (Wildman–Crippen MR) is 60.3 cm³/mol. The number of benzene rings is 1. The molecule has 0 amide bonds. The second kappa shape index (κ2) is 4.12. The normalized spacial score (nSPS) is 25.8. The number of ether oxygens (including phenoxy) is 1. The fourth-order valence-corrected chi connectivity index (χ4v) is 2.05. The molecule has 1 aliphatic rings. The Morgan fingerprint density at radius 1 is 1.53 bits per heavy atom. The predicted octanol–water partition coefficient (Wildman–Crippen LogP) is 2.34. The fraction of sp³-hybridized carbons (Fsp3) is 0.500. The summed E-state index contributed by atoms with van der Waals surface area (Å²) >= 11 is 5.94. The Hall–Kier alpha value is -0.570. The second-order valence-corrected chi connectivity index (χ2v) is 4.69. The molecule has 0 saturated carbocycles. The van der Waals surface area contributed by atoms with Gasteiger partial charge in [-0.3, -0.25) is 0 Å². The van der Waals surface area contributed by atoms with Crippen molar-refractivity contribution in [1.29, 1.82) is 0 Å².